The number of rotatable bonds is 4. The van der Waals surface area contributed by atoms with Gasteiger partial charge in [0.05, 0.1) is 18.8 Å². The molecule has 2 unspecified atom stereocenters. The quantitative estimate of drug-likeness (QED) is 0.660. The number of benzene rings is 1. The van der Waals surface area contributed by atoms with Gasteiger partial charge in [-0.1, -0.05) is 18.2 Å². The Morgan fingerprint density at radius 3 is 2.75 bits per heavy atom. The molecular formula is C12H15F3N2O2S. The average molecular weight is 308 g/mol. The largest absolute Gasteiger partial charge is 0.573 e. The minimum Gasteiger partial charge on any atom is -0.405 e. The Morgan fingerprint density at radius 1 is 1.40 bits per heavy atom. The number of para-hydroxylation sites is 1. The molecule has 1 heterocycles. The van der Waals surface area contributed by atoms with Gasteiger partial charge in [0.15, 0.2) is 0 Å². The van der Waals surface area contributed by atoms with Gasteiger partial charge in [0.1, 0.15) is 5.75 Å². The van der Waals surface area contributed by atoms with Crippen LogP contribution in [0, 0.1) is 0 Å². The van der Waals surface area contributed by atoms with Gasteiger partial charge in [0, 0.05) is 17.1 Å². The zero-order valence-electron chi connectivity index (χ0n) is 10.5. The summed E-state index contributed by atoms with van der Waals surface area (Å²) in [5.74, 6) is 6.76. The molecule has 0 spiro atoms. The predicted molar refractivity (Wildman–Crippen MR) is 70.3 cm³/mol. The Hall–Kier alpha value is -0.960. The van der Waals surface area contributed by atoms with Crippen LogP contribution in [0.15, 0.2) is 24.3 Å². The van der Waals surface area contributed by atoms with Gasteiger partial charge < -0.3 is 9.47 Å². The van der Waals surface area contributed by atoms with Crippen molar-refractivity contribution < 1.29 is 22.6 Å². The monoisotopic (exact) mass is 308 g/mol. The molecule has 1 saturated heterocycles. The maximum atomic E-state index is 12.4. The van der Waals surface area contributed by atoms with Crippen molar-refractivity contribution in [1.29, 1.82) is 0 Å². The van der Waals surface area contributed by atoms with Crippen molar-refractivity contribution >= 4 is 11.8 Å². The highest BCUT2D eigenvalue weighted by atomic mass is 32.2. The van der Waals surface area contributed by atoms with Gasteiger partial charge in [0.25, 0.3) is 0 Å². The predicted octanol–water partition coefficient (Wildman–Crippen LogP) is 2.22. The number of hydrogen-bond acceptors (Lipinski definition) is 5. The lowest BCUT2D eigenvalue weighted by Gasteiger charge is -2.31. The second-order valence-electron chi connectivity index (χ2n) is 4.21. The van der Waals surface area contributed by atoms with Crippen LogP contribution in [0.5, 0.6) is 5.75 Å². The molecule has 1 aromatic rings. The third kappa shape index (κ3) is 4.02. The summed E-state index contributed by atoms with van der Waals surface area (Å²) in [4.78, 5) is 0. The van der Waals surface area contributed by atoms with Crippen LogP contribution < -0.4 is 16.0 Å². The molecule has 4 nitrogen and oxygen atoms in total. The molecule has 0 saturated carbocycles. The first-order valence-electron chi connectivity index (χ1n) is 6.01. The summed E-state index contributed by atoms with van der Waals surface area (Å²) in [7, 11) is 0. The van der Waals surface area contributed by atoms with Crippen LogP contribution in [0.25, 0.3) is 0 Å². The number of halogens is 3. The van der Waals surface area contributed by atoms with E-state index in [1.165, 1.54) is 12.1 Å². The molecule has 0 bridgehead atoms. The standard InChI is InChI=1S/C12H15F3N2O2S/c13-12(14,15)19-9-4-2-1-3-8(9)11(17-16)10-7-20-6-5-18-10/h1-4,10-11,17H,5-7,16H2. The van der Waals surface area contributed by atoms with Crippen molar-refractivity contribution in [1.82, 2.24) is 5.43 Å². The molecule has 0 aliphatic carbocycles. The molecule has 1 aliphatic heterocycles. The van der Waals surface area contributed by atoms with Crippen LogP contribution in [0.4, 0.5) is 13.2 Å². The molecule has 0 amide bonds. The summed E-state index contributed by atoms with van der Waals surface area (Å²) < 4.78 is 46.9. The van der Waals surface area contributed by atoms with E-state index in [1.54, 1.807) is 23.9 Å². The Kier molecular flexibility index (Phi) is 5.14. The summed E-state index contributed by atoms with van der Waals surface area (Å²) in [6, 6.07) is 5.38. The minimum atomic E-state index is -4.74. The number of nitrogens with two attached hydrogens (primary N) is 1. The van der Waals surface area contributed by atoms with Crippen molar-refractivity contribution in [2.24, 2.45) is 5.84 Å². The lowest BCUT2D eigenvalue weighted by molar-refractivity contribution is -0.275. The molecule has 20 heavy (non-hydrogen) atoms. The van der Waals surface area contributed by atoms with E-state index >= 15 is 0 Å². The van der Waals surface area contributed by atoms with Gasteiger partial charge in [-0.2, -0.15) is 11.8 Å². The highest BCUT2D eigenvalue weighted by Crippen LogP contribution is 2.33. The Morgan fingerprint density at radius 2 is 2.15 bits per heavy atom. The van der Waals surface area contributed by atoms with Gasteiger partial charge in [-0.3, -0.25) is 11.3 Å². The Bertz CT molecular complexity index is 439. The second kappa shape index (κ2) is 6.66. The number of nitrogens with one attached hydrogen (secondary N) is 1. The van der Waals surface area contributed by atoms with Gasteiger partial charge >= 0.3 is 6.36 Å². The average Bonchev–Trinajstić information content (AvgIpc) is 2.41. The smallest absolute Gasteiger partial charge is 0.405 e. The van der Waals surface area contributed by atoms with Gasteiger partial charge in [-0.25, -0.2) is 0 Å². The molecule has 1 fully saturated rings. The summed E-state index contributed by atoms with van der Waals surface area (Å²) in [5, 5.41) is 0. The van der Waals surface area contributed by atoms with Crippen molar-refractivity contribution in [3.63, 3.8) is 0 Å². The summed E-state index contributed by atoms with van der Waals surface area (Å²) in [6.07, 6.45) is -5.03. The van der Waals surface area contributed by atoms with Crippen LogP contribution >= 0.6 is 11.8 Å². The van der Waals surface area contributed by atoms with Gasteiger partial charge in [-0.05, 0) is 6.07 Å². The number of hydrogen-bond donors (Lipinski definition) is 2. The fraction of sp³-hybridized carbons (Fsp3) is 0.500. The SMILES string of the molecule is NNC(c1ccccc1OC(F)(F)F)C1CSCCO1. The molecule has 3 N–H and O–H groups in total. The third-order valence-corrected chi connectivity index (χ3v) is 3.89. The van der Waals surface area contributed by atoms with E-state index in [4.69, 9.17) is 10.6 Å². The maximum absolute atomic E-state index is 12.4. The van der Waals surface area contributed by atoms with E-state index in [1.807, 2.05) is 0 Å². The van der Waals surface area contributed by atoms with Crippen molar-refractivity contribution in [2.75, 3.05) is 18.1 Å². The lowest BCUT2D eigenvalue weighted by atomic mass is 10.0. The highest BCUT2D eigenvalue weighted by molar-refractivity contribution is 7.99. The molecule has 2 atom stereocenters. The molecule has 1 aliphatic rings. The molecule has 0 radical (unpaired) electrons. The Labute approximate surface area is 118 Å². The normalized spacial score (nSPS) is 21.5. The van der Waals surface area contributed by atoms with E-state index in [0.717, 1.165) is 5.75 Å². The van der Waals surface area contributed by atoms with Crippen LogP contribution in [-0.4, -0.2) is 30.6 Å². The number of ether oxygens (including phenoxy) is 2. The number of alkyl halides is 3. The summed E-state index contributed by atoms with van der Waals surface area (Å²) in [6.45, 7) is 0.551. The van der Waals surface area contributed by atoms with E-state index in [-0.39, 0.29) is 11.9 Å². The fourth-order valence-electron chi connectivity index (χ4n) is 2.05. The Balaban J connectivity index is 2.24. The van der Waals surface area contributed by atoms with Gasteiger partial charge in [-0.15, -0.1) is 13.2 Å². The number of thioether (sulfide) groups is 1. The second-order valence-corrected chi connectivity index (χ2v) is 5.36. The minimum absolute atomic E-state index is 0.262. The molecule has 112 valence electrons. The molecule has 8 heteroatoms. The summed E-state index contributed by atoms with van der Waals surface area (Å²) in [5.41, 5.74) is 2.86. The molecule has 2 rings (SSSR count). The van der Waals surface area contributed by atoms with E-state index in [9.17, 15) is 13.2 Å². The van der Waals surface area contributed by atoms with Crippen LogP contribution in [-0.2, 0) is 4.74 Å². The van der Waals surface area contributed by atoms with Crippen LogP contribution in [0.3, 0.4) is 0 Å². The van der Waals surface area contributed by atoms with Crippen LogP contribution in [0.2, 0.25) is 0 Å². The van der Waals surface area contributed by atoms with E-state index < -0.39 is 12.4 Å². The van der Waals surface area contributed by atoms with Crippen molar-refractivity contribution in [2.45, 2.75) is 18.5 Å². The maximum Gasteiger partial charge on any atom is 0.573 e. The summed E-state index contributed by atoms with van der Waals surface area (Å²) >= 11 is 1.68. The molecule has 0 aromatic heterocycles. The highest BCUT2D eigenvalue weighted by Gasteiger charge is 2.34. The first-order chi connectivity index (χ1) is 9.51. The van der Waals surface area contributed by atoms with E-state index in [2.05, 4.69) is 10.2 Å². The van der Waals surface area contributed by atoms with Crippen molar-refractivity contribution in [3.8, 4) is 5.75 Å². The first-order valence-corrected chi connectivity index (χ1v) is 7.17. The molecule has 1 aromatic carbocycles. The lowest BCUT2D eigenvalue weighted by Crippen LogP contribution is -2.41. The first kappa shape index (κ1) is 15.4. The fourth-order valence-corrected chi connectivity index (χ4v) is 2.95. The van der Waals surface area contributed by atoms with E-state index in [0.29, 0.717) is 17.9 Å². The third-order valence-electron chi connectivity index (χ3n) is 2.87. The van der Waals surface area contributed by atoms with Crippen LogP contribution in [0.1, 0.15) is 11.6 Å². The molecular weight excluding hydrogens is 293 g/mol. The van der Waals surface area contributed by atoms with Crippen molar-refractivity contribution in [3.05, 3.63) is 29.8 Å². The zero-order valence-corrected chi connectivity index (χ0v) is 11.3. The topological polar surface area (TPSA) is 56.5 Å². The number of hydrazine groups is 1. The van der Waals surface area contributed by atoms with Gasteiger partial charge in [0.2, 0.25) is 0 Å². The zero-order chi connectivity index (χ0) is 14.6.